The SMILES string of the molecule is C[C@@H](NC(=O)/C=C/c1cn(Cc2ccccc2)nn1)c1cccc(Cl)c1. The number of rotatable bonds is 6. The van der Waals surface area contributed by atoms with E-state index in [1.165, 1.54) is 6.08 Å². The standard InChI is InChI=1S/C20H19ClN4O/c1-15(17-8-5-9-18(21)12-17)22-20(26)11-10-19-14-25(24-23-19)13-16-6-3-2-4-7-16/h2-12,14-15H,13H2,1H3,(H,22,26)/b11-10+/t15-/m1/s1. The lowest BCUT2D eigenvalue weighted by atomic mass is 10.1. The highest BCUT2D eigenvalue weighted by atomic mass is 35.5. The molecule has 0 spiro atoms. The zero-order chi connectivity index (χ0) is 18.4. The summed E-state index contributed by atoms with van der Waals surface area (Å²) in [5.74, 6) is -0.199. The van der Waals surface area contributed by atoms with Gasteiger partial charge in [-0.3, -0.25) is 4.79 Å². The first-order chi connectivity index (χ1) is 12.6. The van der Waals surface area contributed by atoms with Crippen LogP contribution in [-0.4, -0.2) is 20.9 Å². The summed E-state index contributed by atoms with van der Waals surface area (Å²) in [7, 11) is 0. The van der Waals surface area contributed by atoms with Crippen LogP contribution >= 0.6 is 11.6 Å². The lowest BCUT2D eigenvalue weighted by Gasteiger charge is -2.13. The topological polar surface area (TPSA) is 59.8 Å². The third kappa shape index (κ3) is 5.04. The van der Waals surface area contributed by atoms with Crippen LogP contribution in [0, 0.1) is 0 Å². The van der Waals surface area contributed by atoms with Crippen LogP contribution in [0.1, 0.15) is 29.8 Å². The fraction of sp³-hybridized carbons (Fsp3) is 0.150. The summed E-state index contributed by atoms with van der Waals surface area (Å²) >= 11 is 5.98. The van der Waals surface area contributed by atoms with Crippen LogP contribution in [0.5, 0.6) is 0 Å². The maximum Gasteiger partial charge on any atom is 0.244 e. The highest BCUT2D eigenvalue weighted by molar-refractivity contribution is 6.30. The maximum atomic E-state index is 12.1. The number of nitrogens with zero attached hydrogens (tertiary/aromatic N) is 3. The van der Waals surface area contributed by atoms with E-state index in [2.05, 4.69) is 15.6 Å². The number of hydrogen-bond acceptors (Lipinski definition) is 3. The largest absolute Gasteiger partial charge is 0.346 e. The van der Waals surface area contributed by atoms with Crippen LogP contribution in [0.3, 0.4) is 0 Å². The minimum Gasteiger partial charge on any atom is -0.346 e. The molecule has 0 aliphatic rings. The molecule has 0 saturated heterocycles. The van der Waals surface area contributed by atoms with E-state index in [9.17, 15) is 4.79 Å². The van der Waals surface area contributed by atoms with E-state index in [0.29, 0.717) is 17.3 Å². The van der Waals surface area contributed by atoms with Gasteiger partial charge in [-0.1, -0.05) is 59.3 Å². The molecule has 0 aliphatic heterocycles. The number of hydrogen-bond donors (Lipinski definition) is 1. The Morgan fingerprint density at radius 2 is 2.04 bits per heavy atom. The molecule has 3 aromatic rings. The van der Waals surface area contributed by atoms with Crippen LogP contribution in [0.15, 0.2) is 66.9 Å². The van der Waals surface area contributed by atoms with Crippen molar-refractivity contribution in [1.82, 2.24) is 20.3 Å². The maximum absolute atomic E-state index is 12.1. The molecule has 1 aromatic heterocycles. The molecule has 0 unspecified atom stereocenters. The second kappa shape index (κ2) is 8.45. The van der Waals surface area contributed by atoms with Gasteiger partial charge in [0.25, 0.3) is 0 Å². The van der Waals surface area contributed by atoms with Gasteiger partial charge in [-0.25, -0.2) is 4.68 Å². The molecule has 26 heavy (non-hydrogen) atoms. The summed E-state index contributed by atoms with van der Waals surface area (Å²) in [6.45, 7) is 2.55. The fourth-order valence-electron chi connectivity index (χ4n) is 2.52. The zero-order valence-corrected chi connectivity index (χ0v) is 15.1. The van der Waals surface area contributed by atoms with Gasteiger partial charge in [0, 0.05) is 11.1 Å². The van der Waals surface area contributed by atoms with E-state index in [1.807, 2.05) is 55.5 Å². The van der Waals surface area contributed by atoms with E-state index < -0.39 is 0 Å². The number of nitrogens with one attached hydrogen (secondary N) is 1. The van der Waals surface area contributed by atoms with Crippen molar-refractivity contribution in [2.75, 3.05) is 0 Å². The van der Waals surface area contributed by atoms with Gasteiger partial charge in [0.15, 0.2) is 0 Å². The first-order valence-corrected chi connectivity index (χ1v) is 8.66. The van der Waals surface area contributed by atoms with Gasteiger partial charge in [0.1, 0.15) is 5.69 Å². The third-order valence-electron chi connectivity index (χ3n) is 3.86. The van der Waals surface area contributed by atoms with E-state index in [0.717, 1.165) is 11.1 Å². The van der Waals surface area contributed by atoms with Gasteiger partial charge in [-0.2, -0.15) is 0 Å². The Hall–Kier alpha value is -2.92. The normalized spacial score (nSPS) is 12.2. The van der Waals surface area contributed by atoms with Crippen molar-refractivity contribution in [1.29, 1.82) is 0 Å². The van der Waals surface area contributed by atoms with Crippen molar-refractivity contribution < 1.29 is 4.79 Å². The predicted molar refractivity (Wildman–Crippen MR) is 103 cm³/mol. The second-order valence-electron chi connectivity index (χ2n) is 5.95. The van der Waals surface area contributed by atoms with Crippen molar-refractivity contribution in [2.45, 2.75) is 19.5 Å². The smallest absolute Gasteiger partial charge is 0.244 e. The van der Waals surface area contributed by atoms with Crippen molar-refractivity contribution in [3.05, 3.63) is 88.7 Å². The molecule has 132 valence electrons. The molecule has 0 fully saturated rings. The van der Waals surface area contributed by atoms with Crippen molar-refractivity contribution in [3.63, 3.8) is 0 Å². The molecule has 0 aliphatic carbocycles. The highest BCUT2D eigenvalue weighted by Gasteiger charge is 2.08. The van der Waals surface area contributed by atoms with E-state index in [4.69, 9.17) is 11.6 Å². The number of carbonyl (C=O) groups is 1. The number of halogens is 1. The highest BCUT2D eigenvalue weighted by Crippen LogP contribution is 2.17. The number of benzene rings is 2. The summed E-state index contributed by atoms with van der Waals surface area (Å²) in [5, 5.41) is 11.7. The van der Waals surface area contributed by atoms with Crippen LogP contribution in [0.2, 0.25) is 5.02 Å². The first-order valence-electron chi connectivity index (χ1n) is 8.28. The lowest BCUT2D eigenvalue weighted by molar-refractivity contribution is -0.117. The fourth-order valence-corrected chi connectivity index (χ4v) is 2.72. The van der Waals surface area contributed by atoms with Crippen LogP contribution in [-0.2, 0) is 11.3 Å². The Labute approximate surface area is 157 Å². The van der Waals surface area contributed by atoms with Crippen LogP contribution < -0.4 is 5.32 Å². The molecule has 1 atom stereocenters. The predicted octanol–water partition coefficient (Wildman–Crippen LogP) is 3.87. The average molecular weight is 367 g/mol. The summed E-state index contributed by atoms with van der Waals surface area (Å²) in [6, 6.07) is 17.3. The molecular formula is C20H19ClN4O. The van der Waals surface area contributed by atoms with Gasteiger partial charge in [0.05, 0.1) is 18.8 Å². The van der Waals surface area contributed by atoms with E-state index in [-0.39, 0.29) is 11.9 Å². The number of carbonyl (C=O) groups excluding carboxylic acids is 1. The van der Waals surface area contributed by atoms with Crippen LogP contribution in [0.4, 0.5) is 0 Å². The van der Waals surface area contributed by atoms with Crippen molar-refractivity contribution in [2.24, 2.45) is 0 Å². The quantitative estimate of drug-likeness (QED) is 0.674. The Morgan fingerprint density at radius 1 is 1.23 bits per heavy atom. The molecular weight excluding hydrogens is 348 g/mol. The van der Waals surface area contributed by atoms with E-state index in [1.54, 1.807) is 23.0 Å². The summed E-state index contributed by atoms with van der Waals surface area (Å²) in [5.41, 5.74) is 2.72. The van der Waals surface area contributed by atoms with Gasteiger partial charge in [-0.15, -0.1) is 5.10 Å². The molecule has 0 radical (unpaired) electrons. The molecule has 3 rings (SSSR count). The monoisotopic (exact) mass is 366 g/mol. The minimum absolute atomic E-state index is 0.139. The number of amides is 1. The Kier molecular flexibility index (Phi) is 5.81. The van der Waals surface area contributed by atoms with Crippen LogP contribution in [0.25, 0.3) is 6.08 Å². The molecule has 5 nitrogen and oxygen atoms in total. The molecule has 1 amide bonds. The van der Waals surface area contributed by atoms with Gasteiger partial charge >= 0.3 is 0 Å². The summed E-state index contributed by atoms with van der Waals surface area (Å²) < 4.78 is 1.74. The summed E-state index contributed by atoms with van der Waals surface area (Å²) in [4.78, 5) is 12.1. The zero-order valence-electron chi connectivity index (χ0n) is 14.3. The molecule has 0 saturated carbocycles. The second-order valence-corrected chi connectivity index (χ2v) is 6.38. The average Bonchev–Trinajstić information content (AvgIpc) is 3.08. The Morgan fingerprint density at radius 3 is 2.81 bits per heavy atom. The van der Waals surface area contributed by atoms with Gasteiger partial charge in [-0.05, 0) is 36.3 Å². The number of aromatic nitrogens is 3. The Bertz CT molecular complexity index is 905. The van der Waals surface area contributed by atoms with Gasteiger partial charge in [0.2, 0.25) is 5.91 Å². The van der Waals surface area contributed by atoms with Crippen molar-refractivity contribution >= 4 is 23.6 Å². The van der Waals surface area contributed by atoms with E-state index >= 15 is 0 Å². The molecule has 1 heterocycles. The van der Waals surface area contributed by atoms with Crippen molar-refractivity contribution in [3.8, 4) is 0 Å². The first kappa shape index (κ1) is 17.9. The molecule has 1 N–H and O–H groups in total. The molecule has 6 heteroatoms. The van der Waals surface area contributed by atoms with Gasteiger partial charge < -0.3 is 5.32 Å². The molecule has 2 aromatic carbocycles. The lowest BCUT2D eigenvalue weighted by Crippen LogP contribution is -2.24. The summed E-state index contributed by atoms with van der Waals surface area (Å²) in [6.07, 6.45) is 4.91. The molecule has 0 bridgehead atoms. The third-order valence-corrected chi connectivity index (χ3v) is 4.09. The minimum atomic E-state index is -0.199. The Balaban J connectivity index is 1.57.